The van der Waals surface area contributed by atoms with Crippen LogP contribution in [0.4, 0.5) is 13.2 Å². The molecule has 1 fully saturated rings. The van der Waals surface area contributed by atoms with E-state index in [2.05, 4.69) is 5.32 Å². The number of benzene rings is 1. The molecule has 0 bridgehead atoms. The Morgan fingerprint density at radius 3 is 2.24 bits per heavy atom. The van der Waals surface area contributed by atoms with E-state index in [0.29, 0.717) is 18.4 Å². The summed E-state index contributed by atoms with van der Waals surface area (Å²) in [6.45, 7) is 0. The molecule has 0 aromatic heterocycles. The topological polar surface area (TPSA) is 66.4 Å². The van der Waals surface area contributed by atoms with Gasteiger partial charge in [-0.3, -0.25) is 4.79 Å². The molecule has 114 valence electrons. The lowest BCUT2D eigenvalue weighted by molar-refractivity contribution is -0.143. The summed E-state index contributed by atoms with van der Waals surface area (Å²) in [5, 5.41) is 11.0. The van der Waals surface area contributed by atoms with Gasteiger partial charge in [-0.1, -0.05) is 12.1 Å². The molecule has 0 saturated heterocycles. The van der Waals surface area contributed by atoms with Crippen LogP contribution < -0.4 is 5.32 Å². The first-order valence-corrected chi connectivity index (χ1v) is 6.43. The Labute approximate surface area is 119 Å². The third-order valence-corrected chi connectivity index (χ3v) is 3.60. The highest BCUT2D eigenvalue weighted by Gasteiger charge is 2.52. The van der Waals surface area contributed by atoms with Gasteiger partial charge in [0.05, 0.1) is 5.41 Å². The summed E-state index contributed by atoms with van der Waals surface area (Å²) in [6, 6.07) is 3.68. The summed E-state index contributed by atoms with van der Waals surface area (Å²) in [6.07, 6.45) is -2.82. The number of alkyl halides is 2. The fourth-order valence-corrected chi connectivity index (χ4v) is 2.24. The smallest absolute Gasteiger partial charge is 0.326 e. The van der Waals surface area contributed by atoms with Crippen LogP contribution in [-0.2, 0) is 15.0 Å². The fourth-order valence-electron chi connectivity index (χ4n) is 2.24. The monoisotopic (exact) mass is 301 g/mol. The quantitative estimate of drug-likeness (QED) is 0.845. The van der Waals surface area contributed by atoms with Crippen LogP contribution in [0.2, 0.25) is 0 Å². The van der Waals surface area contributed by atoms with Gasteiger partial charge in [-0.25, -0.2) is 18.0 Å². The molecule has 1 aliphatic rings. The maximum Gasteiger partial charge on any atom is 0.326 e. The number of amides is 1. The number of hydrogen-bond acceptors (Lipinski definition) is 2. The third kappa shape index (κ3) is 3.34. The first-order valence-electron chi connectivity index (χ1n) is 6.43. The lowest BCUT2D eigenvalue weighted by Crippen LogP contribution is -2.46. The molecule has 1 unspecified atom stereocenters. The predicted octanol–water partition coefficient (Wildman–Crippen LogP) is 2.08. The molecule has 0 radical (unpaired) electrons. The summed E-state index contributed by atoms with van der Waals surface area (Å²) in [7, 11) is 0. The maximum absolute atomic E-state index is 12.9. The van der Waals surface area contributed by atoms with E-state index in [0.717, 1.165) is 0 Å². The van der Waals surface area contributed by atoms with E-state index in [9.17, 15) is 22.8 Å². The summed E-state index contributed by atoms with van der Waals surface area (Å²) >= 11 is 0. The van der Waals surface area contributed by atoms with Crippen molar-refractivity contribution in [3.05, 3.63) is 35.6 Å². The second-order valence-electron chi connectivity index (χ2n) is 5.08. The molecule has 1 saturated carbocycles. The summed E-state index contributed by atoms with van der Waals surface area (Å²) in [4.78, 5) is 23.1. The first-order chi connectivity index (χ1) is 9.85. The van der Waals surface area contributed by atoms with Crippen LogP contribution >= 0.6 is 0 Å². The van der Waals surface area contributed by atoms with Gasteiger partial charge in [0.1, 0.15) is 11.9 Å². The molecule has 2 N–H and O–H groups in total. The van der Waals surface area contributed by atoms with Crippen LogP contribution in [0.25, 0.3) is 0 Å². The minimum Gasteiger partial charge on any atom is -0.480 e. The summed E-state index contributed by atoms with van der Waals surface area (Å²) in [5.41, 5.74) is -0.369. The van der Waals surface area contributed by atoms with Gasteiger partial charge in [0.2, 0.25) is 12.3 Å². The van der Waals surface area contributed by atoms with Crippen molar-refractivity contribution in [1.29, 1.82) is 0 Å². The lowest BCUT2D eigenvalue weighted by Gasteiger charge is -2.20. The van der Waals surface area contributed by atoms with Crippen LogP contribution in [0.3, 0.4) is 0 Å². The number of nitrogens with one attached hydrogen (secondary N) is 1. The van der Waals surface area contributed by atoms with Gasteiger partial charge in [0.25, 0.3) is 0 Å². The van der Waals surface area contributed by atoms with Gasteiger partial charge in [-0.15, -0.1) is 0 Å². The molecule has 1 atom stereocenters. The van der Waals surface area contributed by atoms with E-state index in [4.69, 9.17) is 5.11 Å². The number of carbonyl (C=O) groups excluding carboxylic acids is 1. The maximum atomic E-state index is 12.9. The molecule has 1 aliphatic carbocycles. The van der Waals surface area contributed by atoms with E-state index < -0.39 is 42.0 Å². The summed E-state index contributed by atoms with van der Waals surface area (Å²) in [5.74, 6) is -2.56. The molecule has 21 heavy (non-hydrogen) atoms. The van der Waals surface area contributed by atoms with Crippen molar-refractivity contribution in [1.82, 2.24) is 5.32 Å². The second kappa shape index (κ2) is 5.75. The first kappa shape index (κ1) is 15.3. The third-order valence-electron chi connectivity index (χ3n) is 3.60. The molecule has 0 heterocycles. The average molecular weight is 301 g/mol. The van der Waals surface area contributed by atoms with Crippen LogP contribution in [0, 0.1) is 5.82 Å². The number of hydrogen-bond donors (Lipinski definition) is 2. The Kier molecular flexibility index (Phi) is 4.20. The SMILES string of the molecule is O=C(O)C(CC(F)F)NC(=O)C1(c2ccc(F)cc2)CC1. The molecule has 4 nitrogen and oxygen atoms in total. The van der Waals surface area contributed by atoms with Crippen molar-refractivity contribution in [2.24, 2.45) is 0 Å². The Balaban J connectivity index is 2.11. The number of halogens is 3. The highest BCUT2D eigenvalue weighted by Crippen LogP contribution is 2.48. The zero-order valence-electron chi connectivity index (χ0n) is 11.0. The Hall–Kier alpha value is -2.05. The molecule has 2 rings (SSSR count). The molecule has 7 heteroatoms. The normalized spacial score (nSPS) is 17.3. The Morgan fingerprint density at radius 1 is 1.24 bits per heavy atom. The van der Waals surface area contributed by atoms with Crippen LogP contribution in [-0.4, -0.2) is 29.5 Å². The van der Waals surface area contributed by atoms with Crippen molar-refractivity contribution in [2.75, 3.05) is 0 Å². The Bertz CT molecular complexity index is 541. The van der Waals surface area contributed by atoms with Gasteiger partial charge >= 0.3 is 5.97 Å². The number of carbonyl (C=O) groups is 2. The van der Waals surface area contributed by atoms with Crippen molar-refractivity contribution < 1.29 is 27.9 Å². The van der Waals surface area contributed by atoms with E-state index in [1.165, 1.54) is 24.3 Å². The largest absolute Gasteiger partial charge is 0.480 e. The van der Waals surface area contributed by atoms with Gasteiger partial charge in [-0.05, 0) is 30.5 Å². The molecule has 0 aliphatic heterocycles. The number of carboxylic acid groups (broad SMARTS) is 1. The van der Waals surface area contributed by atoms with Crippen LogP contribution in [0.5, 0.6) is 0 Å². The highest BCUT2D eigenvalue weighted by molar-refractivity contribution is 5.93. The zero-order chi connectivity index (χ0) is 15.6. The number of rotatable bonds is 6. The number of aliphatic carboxylic acids is 1. The molecule has 1 amide bonds. The zero-order valence-corrected chi connectivity index (χ0v) is 11.0. The number of carboxylic acids is 1. The highest BCUT2D eigenvalue weighted by atomic mass is 19.3. The van der Waals surface area contributed by atoms with E-state index in [-0.39, 0.29) is 0 Å². The summed E-state index contributed by atoms with van der Waals surface area (Å²) < 4.78 is 37.5. The molecular weight excluding hydrogens is 287 g/mol. The lowest BCUT2D eigenvalue weighted by atomic mass is 9.94. The van der Waals surface area contributed by atoms with Gasteiger partial charge in [-0.2, -0.15) is 0 Å². The minimum absolute atomic E-state index is 0.448. The molecular formula is C14H14F3NO3. The standard InChI is InChI=1S/C14H14F3NO3/c15-9-3-1-8(2-4-9)14(5-6-14)13(21)18-10(12(19)20)7-11(16)17/h1-4,10-11H,5-7H2,(H,18,21)(H,19,20). The predicted molar refractivity (Wildman–Crippen MR) is 67.5 cm³/mol. The Morgan fingerprint density at radius 2 is 1.81 bits per heavy atom. The molecule has 0 spiro atoms. The fraction of sp³-hybridized carbons (Fsp3) is 0.429. The molecule has 1 aromatic carbocycles. The second-order valence-corrected chi connectivity index (χ2v) is 5.08. The van der Waals surface area contributed by atoms with Crippen molar-refractivity contribution in [3.8, 4) is 0 Å². The van der Waals surface area contributed by atoms with E-state index in [1.807, 2.05) is 0 Å². The van der Waals surface area contributed by atoms with Gasteiger partial charge in [0.15, 0.2) is 0 Å². The average Bonchev–Trinajstić information content (AvgIpc) is 3.19. The molecule has 1 aromatic rings. The van der Waals surface area contributed by atoms with Crippen molar-refractivity contribution >= 4 is 11.9 Å². The minimum atomic E-state index is -2.83. The van der Waals surface area contributed by atoms with Crippen molar-refractivity contribution in [2.45, 2.75) is 37.1 Å². The van der Waals surface area contributed by atoms with E-state index >= 15 is 0 Å². The van der Waals surface area contributed by atoms with Crippen molar-refractivity contribution in [3.63, 3.8) is 0 Å². The van der Waals surface area contributed by atoms with E-state index in [1.54, 1.807) is 0 Å². The van der Waals surface area contributed by atoms with Crippen LogP contribution in [0.15, 0.2) is 24.3 Å². The van der Waals surface area contributed by atoms with Crippen LogP contribution in [0.1, 0.15) is 24.8 Å². The van der Waals surface area contributed by atoms with Gasteiger partial charge in [0, 0.05) is 6.42 Å². The van der Waals surface area contributed by atoms with Gasteiger partial charge < -0.3 is 10.4 Å².